The molecule has 0 saturated heterocycles. The normalized spacial score (nSPS) is 14.5. The van der Waals surface area contributed by atoms with Crippen LogP contribution in [0.2, 0.25) is 0 Å². The van der Waals surface area contributed by atoms with Gasteiger partial charge in [-0.15, -0.1) is 0 Å². The van der Waals surface area contributed by atoms with Gasteiger partial charge in [0.05, 0.1) is 25.6 Å². The van der Waals surface area contributed by atoms with Crippen molar-refractivity contribution in [2.45, 2.75) is 18.9 Å². The molecule has 1 heterocycles. The largest absolute Gasteiger partial charge is 0.497 e. The molecule has 2 N–H and O–H groups in total. The van der Waals surface area contributed by atoms with Crippen molar-refractivity contribution in [3.05, 3.63) is 59.2 Å². The summed E-state index contributed by atoms with van der Waals surface area (Å²) in [6, 6.07) is 12.7. The first kappa shape index (κ1) is 18.7. The highest BCUT2D eigenvalue weighted by atomic mass is 32.2. The first-order chi connectivity index (χ1) is 12.5. The van der Waals surface area contributed by atoms with Crippen LogP contribution in [0.25, 0.3) is 0 Å². The Labute approximate surface area is 153 Å². The van der Waals surface area contributed by atoms with Gasteiger partial charge in [-0.1, -0.05) is 18.2 Å². The van der Waals surface area contributed by atoms with E-state index in [4.69, 9.17) is 9.47 Å². The third-order valence-electron chi connectivity index (χ3n) is 4.41. The van der Waals surface area contributed by atoms with E-state index in [1.165, 1.54) is 0 Å². The smallest absolute Gasteiger partial charge is 0.212 e. The number of aliphatic hydroxyl groups is 1. The Morgan fingerprint density at radius 3 is 2.73 bits per heavy atom. The first-order valence-electron chi connectivity index (χ1n) is 8.51. The lowest BCUT2D eigenvalue weighted by Gasteiger charge is -2.14. The molecule has 2 aromatic carbocycles. The Morgan fingerprint density at radius 1 is 1.23 bits per heavy atom. The molecule has 0 saturated carbocycles. The fraction of sp³-hybridized carbons (Fsp3) is 0.368. The Morgan fingerprint density at radius 2 is 2.00 bits per heavy atom. The summed E-state index contributed by atoms with van der Waals surface area (Å²) in [5.41, 5.74) is 2.64. The van der Waals surface area contributed by atoms with Crippen molar-refractivity contribution >= 4 is 10.0 Å². The summed E-state index contributed by atoms with van der Waals surface area (Å²) in [5, 5.41) is 10.3. The second kappa shape index (κ2) is 8.07. The Balaban J connectivity index is 1.52. The zero-order valence-electron chi connectivity index (χ0n) is 14.6. The molecule has 26 heavy (non-hydrogen) atoms. The van der Waals surface area contributed by atoms with Crippen molar-refractivity contribution in [1.29, 1.82) is 0 Å². The average molecular weight is 377 g/mol. The molecule has 0 amide bonds. The summed E-state index contributed by atoms with van der Waals surface area (Å²) in [4.78, 5) is 0. The minimum Gasteiger partial charge on any atom is -0.497 e. The van der Waals surface area contributed by atoms with E-state index in [2.05, 4.69) is 4.72 Å². The van der Waals surface area contributed by atoms with Gasteiger partial charge in [0.1, 0.15) is 11.5 Å². The van der Waals surface area contributed by atoms with Gasteiger partial charge in [0.15, 0.2) is 0 Å². The summed E-state index contributed by atoms with van der Waals surface area (Å²) < 4.78 is 37.4. The van der Waals surface area contributed by atoms with Crippen LogP contribution in [0.1, 0.15) is 22.8 Å². The molecule has 140 valence electrons. The molecule has 2 aromatic rings. The number of benzene rings is 2. The standard InChI is InChI=1S/C19H23NO5S/c1-24-17-5-2-14(3-6-17)9-11-26(22,23)20-13-18(21)15-4-7-19-16(12-15)8-10-25-19/h2-7,12,18,20-21H,8-11,13H2,1H3. The number of sulfonamides is 1. The minimum atomic E-state index is -3.48. The SMILES string of the molecule is COc1ccc(CCS(=O)(=O)NCC(O)c2ccc3c(c2)CCO3)cc1. The summed E-state index contributed by atoms with van der Waals surface area (Å²) in [6.45, 7) is 0.595. The average Bonchev–Trinajstić information content (AvgIpc) is 3.13. The number of fused-ring (bicyclic) bond motifs is 1. The van der Waals surface area contributed by atoms with Gasteiger partial charge in [-0.2, -0.15) is 0 Å². The van der Waals surface area contributed by atoms with Crippen molar-refractivity contribution in [3.63, 3.8) is 0 Å². The molecule has 1 aliphatic rings. The summed E-state index contributed by atoms with van der Waals surface area (Å²) in [5.74, 6) is 1.53. The van der Waals surface area contributed by atoms with Crippen molar-refractivity contribution < 1.29 is 23.0 Å². The molecule has 1 unspecified atom stereocenters. The van der Waals surface area contributed by atoms with E-state index in [9.17, 15) is 13.5 Å². The molecule has 0 fully saturated rings. The third kappa shape index (κ3) is 4.75. The molecular weight excluding hydrogens is 354 g/mol. The van der Waals surface area contributed by atoms with E-state index in [0.29, 0.717) is 18.6 Å². The zero-order chi connectivity index (χ0) is 18.6. The van der Waals surface area contributed by atoms with E-state index >= 15 is 0 Å². The Hall–Kier alpha value is -2.09. The first-order valence-corrected chi connectivity index (χ1v) is 10.2. The van der Waals surface area contributed by atoms with Crippen molar-refractivity contribution in [3.8, 4) is 11.5 Å². The second-order valence-corrected chi connectivity index (χ2v) is 8.17. The predicted molar refractivity (Wildman–Crippen MR) is 99.1 cm³/mol. The molecule has 6 nitrogen and oxygen atoms in total. The van der Waals surface area contributed by atoms with E-state index in [0.717, 1.165) is 29.0 Å². The Kier molecular flexibility index (Phi) is 5.80. The Bertz CT molecular complexity index is 849. The lowest BCUT2D eigenvalue weighted by molar-refractivity contribution is 0.182. The van der Waals surface area contributed by atoms with Crippen LogP contribution < -0.4 is 14.2 Å². The van der Waals surface area contributed by atoms with Gasteiger partial charge in [0, 0.05) is 13.0 Å². The molecule has 1 atom stereocenters. The molecule has 0 aliphatic carbocycles. The number of nitrogens with one attached hydrogen (secondary N) is 1. The fourth-order valence-electron chi connectivity index (χ4n) is 2.85. The summed E-state index contributed by atoms with van der Waals surface area (Å²) in [7, 11) is -1.89. The highest BCUT2D eigenvalue weighted by Crippen LogP contribution is 2.28. The lowest BCUT2D eigenvalue weighted by atomic mass is 10.0. The molecule has 0 radical (unpaired) electrons. The fourth-order valence-corrected chi connectivity index (χ4v) is 3.91. The number of hydrogen-bond donors (Lipinski definition) is 2. The topological polar surface area (TPSA) is 84.9 Å². The molecule has 3 rings (SSSR count). The van der Waals surface area contributed by atoms with E-state index in [1.54, 1.807) is 25.3 Å². The quantitative estimate of drug-likeness (QED) is 0.733. The number of hydrogen-bond acceptors (Lipinski definition) is 5. The van der Waals surface area contributed by atoms with Crippen molar-refractivity contribution in [1.82, 2.24) is 4.72 Å². The van der Waals surface area contributed by atoms with Gasteiger partial charge in [-0.05, 0) is 47.4 Å². The number of aliphatic hydroxyl groups excluding tert-OH is 1. The number of rotatable bonds is 8. The van der Waals surface area contributed by atoms with Crippen LogP contribution in [0.4, 0.5) is 0 Å². The molecule has 0 bridgehead atoms. The maximum atomic E-state index is 12.2. The van der Waals surface area contributed by atoms with Crippen LogP contribution in [-0.4, -0.2) is 39.5 Å². The van der Waals surface area contributed by atoms with Gasteiger partial charge >= 0.3 is 0 Å². The van der Waals surface area contributed by atoms with Gasteiger partial charge in [0.25, 0.3) is 0 Å². The van der Waals surface area contributed by atoms with Crippen LogP contribution in [0.3, 0.4) is 0 Å². The summed E-state index contributed by atoms with van der Waals surface area (Å²) in [6.07, 6.45) is 0.311. The molecule has 0 spiro atoms. The minimum absolute atomic E-state index is 0.0376. The van der Waals surface area contributed by atoms with Crippen LogP contribution in [0, 0.1) is 0 Å². The van der Waals surface area contributed by atoms with Gasteiger partial charge in [-0.25, -0.2) is 13.1 Å². The highest BCUT2D eigenvalue weighted by Gasteiger charge is 2.18. The number of methoxy groups -OCH3 is 1. The van der Waals surface area contributed by atoms with Crippen molar-refractivity contribution in [2.75, 3.05) is 26.0 Å². The maximum absolute atomic E-state index is 12.2. The van der Waals surface area contributed by atoms with Gasteiger partial charge in [-0.3, -0.25) is 0 Å². The van der Waals surface area contributed by atoms with E-state index in [1.807, 2.05) is 24.3 Å². The second-order valence-electron chi connectivity index (χ2n) is 6.25. The van der Waals surface area contributed by atoms with Gasteiger partial charge in [0.2, 0.25) is 10.0 Å². The van der Waals surface area contributed by atoms with Crippen LogP contribution in [-0.2, 0) is 22.9 Å². The zero-order valence-corrected chi connectivity index (χ0v) is 15.5. The van der Waals surface area contributed by atoms with Crippen LogP contribution in [0.15, 0.2) is 42.5 Å². The number of ether oxygens (including phenoxy) is 2. The van der Waals surface area contributed by atoms with E-state index in [-0.39, 0.29) is 12.3 Å². The van der Waals surface area contributed by atoms with Gasteiger partial charge < -0.3 is 14.6 Å². The molecule has 1 aliphatic heterocycles. The van der Waals surface area contributed by atoms with Crippen LogP contribution in [0.5, 0.6) is 11.5 Å². The number of aryl methyl sites for hydroxylation is 1. The molecule has 0 aromatic heterocycles. The highest BCUT2D eigenvalue weighted by molar-refractivity contribution is 7.89. The van der Waals surface area contributed by atoms with Crippen LogP contribution >= 0.6 is 0 Å². The third-order valence-corrected chi connectivity index (χ3v) is 5.76. The molecular formula is C19H23NO5S. The lowest BCUT2D eigenvalue weighted by Crippen LogP contribution is -2.31. The maximum Gasteiger partial charge on any atom is 0.212 e. The molecule has 7 heteroatoms. The summed E-state index contributed by atoms with van der Waals surface area (Å²) >= 11 is 0. The monoisotopic (exact) mass is 377 g/mol. The predicted octanol–water partition coefficient (Wildman–Crippen LogP) is 1.83. The van der Waals surface area contributed by atoms with E-state index < -0.39 is 16.1 Å². The van der Waals surface area contributed by atoms with Crippen molar-refractivity contribution in [2.24, 2.45) is 0 Å².